The number of benzene rings is 1. The third kappa shape index (κ3) is 3.83. The molecule has 2 atom stereocenters. The van der Waals surface area contributed by atoms with E-state index in [2.05, 4.69) is 13.0 Å². The van der Waals surface area contributed by atoms with Crippen molar-refractivity contribution >= 4 is 16.9 Å². The van der Waals surface area contributed by atoms with E-state index in [1.807, 2.05) is 4.90 Å². The molecular weight excluding hydrogens is 406 g/mol. The fraction of sp³-hybridized carbons (Fsp3) is 0.615. The average Bonchev–Trinajstić information content (AvgIpc) is 2.81. The van der Waals surface area contributed by atoms with Crippen LogP contribution in [-0.4, -0.2) is 41.2 Å². The second kappa shape index (κ2) is 8.54. The minimum atomic E-state index is -0.597. The minimum Gasteiger partial charge on any atom is -0.483 e. The van der Waals surface area contributed by atoms with Gasteiger partial charge < -0.3 is 19.2 Å². The van der Waals surface area contributed by atoms with Crippen molar-refractivity contribution in [1.82, 2.24) is 4.90 Å². The molecule has 1 N–H and O–H groups in total. The molecule has 0 unspecified atom stereocenters. The van der Waals surface area contributed by atoms with Gasteiger partial charge in [0, 0.05) is 36.0 Å². The summed E-state index contributed by atoms with van der Waals surface area (Å²) in [5.74, 6) is 0.728. The molecule has 6 nitrogen and oxygen atoms in total. The number of piperidine rings is 1. The molecule has 6 heteroatoms. The van der Waals surface area contributed by atoms with Crippen LogP contribution < -0.4 is 10.4 Å². The lowest BCUT2D eigenvalue weighted by Crippen LogP contribution is -2.55. The van der Waals surface area contributed by atoms with E-state index >= 15 is 0 Å². The fourth-order valence-corrected chi connectivity index (χ4v) is 5.95. The Morgan fingerprint density at radius 1 is 1.19 bits per heavy atom. The van der Waals surface area contributed by atoms with Gasteiger partial charge in [-0.1, -0.05) is 19.8 Å². The maximum absolute atomic E-state index is 12.9. The van der Waals surface area contributed by atoms with E-state index in [1.54, 1.807) is 6.07 Å². The normalized spacial score (nSPS) is 25.3. The van der Waals surface area contributed by atoms with Crippen LogP contribution in [0.5, 0.6) is 5.75 Å². The summed E-state index contributed by atoms with van der Waals surface area (Å²) in [5.41, 5.74) is 2.66. The molecule has 2 heterocycles. The van der Waals surface area contributed by atoms with Crippen LogP contribution in [0.4, 0.5) is 0 Å². The molecule has 2 aromatic rings. The van der Waals surface area contributed by atoms with E-state index in [-0.39, 0.29) is 24.1 Å². The number of amides is 1. The Labute approximate surface area is 188 Å². The van der Waals surface area contributed by atoms with Crippen molar-refractivity contribution in [3.63, 3.8) is 0 Å². The predicted octanol–water partition coefficient (Wildman–Crippen LogP) is 3.77. The highest BCUT2D eigenvalue weighted by atomic mass is 16.5. The largest absolute Gasteiger partial charge is 0.483 e. The summed E-state index contributed by atoms with van der Waals surface area (Å²) in [6.45, 7) is 3.21. The summed E-state index contributed by atoms with van der Waals surface area (Å²) < 4.78 is 11.6. The third-order valence-corrected chi connectivity index (χ3v) is 7.92. The zero-order valence-corrected chi connectivity index (χ0v) is 19.0. The quantitative estimate of drug-likeness (QED) is 0.734. The number of fused-ring (bicyclic) bond motifs is 4. The first-order chi connectivity index (χ1) is 15.5. The van der Waals surface area contributed by atoms with E-state index in [9.17, 15) is 14.7 Å². The van der Waals surface area contributed by atoms with Gasteiger partial charge in [-0.2, -0.15) is 0 Å². The molecule has 5 rings (SSSR count). The number of ether oxygens (including phenoxy) is 1. The van der Waals surface area contributed by atoms with E-state index in [0.717, 1.165) is 79.9 Å². The number of aryl methyl sites for hydroxylation is 2. The second-order valence-corrected chi connectivity index (χ2v) is 9.79. The van der Waals surface area contributed by atoms with Crippen molar-refractivity contribution in [3.05, 3.63) is 39.2 Å². The monoisotopic (exact) mass is 439 g/mol. The summed E-state index contributed by atoms with van der Waals surface area (Å²) in [6, 6.07) is 3.86. The lowest BCUT2D eigenvalue weighted by Gasteiger charge is -2.47. The second-order valence-electron chi connectivity index (χ2n) is 9.79. The van der Waals surface area contributed by atoms with Gasteiger partial charge in [-0.05, 0) is 68.6 Å². The molecule has 1 aromatic carbocycles. The molecule has 0 radical (unpaired) electrons. The average molecular weight is 440 g/mol. The highest BCUT2D eigenvalue weighted by Crippen LogP contribution is 2.40. The Hall–Kier alpha value is -2.34. The third-order valence-electron chi connectivity index (χ3n) is 7.92. The molecule has 1 amide bonds. The van der Waals surface area contributed by atoms with Gasteiger partial charge in [0.05, 0.1) is 5.60 Å². The minimum absolute atomic E-state index is 0.0428. The Morgan fingerprint density at radius 2 is 2.00 bits per heavy atom. The zero-order chi connectivity index (χ0) is 22.3. The van der Waals surface area contributed by atoms with Gasteiger partial charge in [-0.25, -0.2) is 4.79 Å². The van der Waals surface area contributed by atoms with Gasteiger partial charge >= 0.3 is 5.63 Å². The number of nitrogens with zero attached hydrogens (tertiary/aromatic N) is 1. The first-order valence-corrected chi connectivity index (χ1v) is 12.2. The maximum Gasteiger partial charge on any atom is 0.339 e. The number of carbonyl (C=O) groups is 1. The molecule has 1 saturated heterocycles. The number of rotatable bonds is 4. The summed E-state index contributed by atoms with van der Waals surface area (Å²) in [6.07, 6.45) is 9.25. The smallest absolute Gasteiger partial charge is 0.339 e. The molecule has 0 spiro atoms. The highest BCUT2D eigenvalue weighted by Gasteiger charge is 2.43. The number of carbonyl (C=O) groups excluding carboxylic acids is 1. The molecule has 2 fully saturated rings. The lowest BCUT2D eigenvalue weighted by molar-refractivity contribution is -0.145. The Balaban J connectivity index is 1.34. The Bertz CT molecular complexity index is 1090. The highest BCUT2D eigenvalue weighted by molar-refractivity contribution is 5.84. The van der Waals surface area contributed by atoms with Crippen LogP contribution >= 0.6 is 0 Å². The standard InChI is InChI=1S/C26H33NO5/c1-2-17-13-21-19-8-3-4-9-20(19)25(29)32-23(21)14-22(17)31-16-24(28)27-12-11-26(30)10-6-5-7-18(26)15-27/h13-14,18,30H,2-12,15-16H2,1H3/t18-,26-/m1/s1. The van der Waals surface area contributed by atoms with E-state index < -0.39 is 5.60 Å². The van der Waals surface area contributed by atoms with Crippen LogP contribution in [-0.2, 0) is 24.1 Å². The summed E-state index contributed by atoms with van der Waals surface area (Å²) in [4.78, 5) is 27.2. The van der Waals surface area contributed by atoms with Crippen molar-refractivity contribution < 1.29 is 19.1 Å². The molecule has 1 aliphatic heterocycles. The maximum atomic E-state index is 12.9. The summed E-state index contributed by atoms with van der Waals surface area (Å²) >= 11 is 0. The summed E-state index contributed by atoms with van der Waals surface area (Å²) in [5, 5.41) is 11.9. The van der Waals surface area contributed by atoms with Gasteiger partial charge in [0.1, 0.15) is 11.3 Å². The zero-order valence-electron chi connectivity index (χ0n) is 19.0. The van der Waals surface area contributed by atoms with Crippen LogP contribution in [0.1, 0.15) is 68.6 Å². The summed E-state index contributed by atoms with van der Waals surface area (Å²) in [7, 11) is 0. The number of aliphatic hydroxyl groups is 1. The van der Waals surface area contributed by atoms with Crippen LogP contribution in [0.15, 0.2) is 21.3 Å². The molecule has 1 aromatic heterocycles. The number of likely N-dealkylation sites (tertiary alicyclic amines) is 1. The van der Waals surface area contributed by atoms with E-state index in [1.165, 1.54) is 0 Å². The van der Waals surface area contributed by atoms with Crippen molar-refractivity contribution in [1.29, 1.82) is 0 Å². The van der Waals surface area contributed by atoms with Crippen LogP contribution in [0.2, 0.25) is 0 Å². The van der Waals surface area contributed by atoms with Gasteiger partial charge in [-0.15, -0.1) is 0 Å². The van der Waals surface area contributed by atoms with E-state index in [0.29, 0.717) is 30.8 Å². The van der Waals surface area contributed by atoms with Crippen LogP contribution in [0, 0.1) is 5.92 Å². The molecule has 32 heavy (non-hydrogen) atoms. The van der Waals surface area contributed by atoms with Gasteiger partial charge in [0.2, 0.25) is 0 Å². The Kier molecular flexibility index (Phi) is 5.74. The number of hydrogen-bond donors (Lipinski definition) is 1. The Morgan fingerprint density at radius 3 is 2.81 bits per heavy atom. The van der Waals surface area contributed by atoms with Crippen LogP contribution in [0.3, 0.4) is 0 Å². The molecule has 3 aliphatic rings. The first kappa shape index (κ1) is 21.5. The molecule has 0 bridgehead atoms. The topological polar surface area (TPSA) is 80.0 Å². The van der Waals surface area contributed by atoms with Crippen molar-refractivity contribution in [3.8, 4) is 5.75 Å². The van der Waals surface area contributed by atoms with Crippen molar-refractivity contribution in [2.75, 3.05) is 19.7 Å². The molecular formula is C26H33NO5. The van der Waals surface area contributed by atoms with E-state index in [4.69, 9.17) is 9.15 Å². The first-order valence-electron chi connectivity index (χ1n) is 12.2. The fourth-order valence-electron chi connectivity index (χ4n) is 5.95. The lowest BCUT2D eigenvalue weighted by atomic mass is 9.71. The van der Waals surface area contributed by atoms with Crippen molar-refractivity contribution in [2.24, 2.45) is 5.92 Å². The van der Waals surface area contributed by atoms with Gasteiger partial charge in [-0.3, -0.25) is 4.79 Å². The molecule has 2 aliphatic carbocycles. The van der Waals surface area contributed by atoms with Gasteiger partial charge in [0.25, 0.3) is 5.91 Å². The molecule has 1 saturated carbocycles. The van der Waals surface area contributed by atoms with Gasteiger partial charge in [0.15, 0.2) is 6.61 Å². The number of hydrogen-bond acceptors (Lipinski definition) is 5. The van der Waals surface area contributed by atoms with Crippen molar-refractivity contribution in [2.45, 2.75) is 76.7 Å². The molecule has 172 valence electrons. The SMILES string of the molecule is CCc1cc2c3c(c(=O)oc2cc1OCC(=O)N1CC[C@]2(O)CCCC[C@@H]2C1)CCCC3. The predicted molar refractivity (Wildman–Crippen MR) is 122 cm³/mol. The van der Waals surface area contributed by atoms with Crippen LogP contribution in [0.25, 0.3) is 11.0 Å².